The van der Waals surface area contributed by atoms with Crippen molar-refractivity contribution < 1.29 is 19.4 Å². The van der Waals surface area contributed by atoms with Crippen LogP contribution in [0.5, 0.6) is 6.01 Å². The number of carboxylic acid groups (broad SMARTS) is 1. The standard InChI is InChI=1S/C25H35N3O4/c1-4-17(14-24(29)30)19-7-8-22(21(5-2)18-9-11-31-12-10-18)23(13-19)28-20-15-26-25(27-16-20)32-6-3/h7-8,13,15-18,21,28H,4-6,9-12,14H2,1-3H3,(H,29,30)/t17?,21-/m0/s1. The minimum atomic E-state index is -0.774. The second kappa shape index (κ2) is 11.8. The van der Waals surface area contributed by atoms with E-state index in [9.17, 15) is 9.90 Å². The van der Waals surface area contributed by atoms with Gasteiger partial charge in [0.2, 0.25) is 0 Å². The molecule has 1 fully saturated rings. The lowest BCUT2D eigenvalue weighted by Gasteiger charge is -2.32. The fraction of sp³-hybridized carbons (Fsp3) is 0.560. The van der Waals surface area contributed by atoms with Gasteiger partial charge in [0.05, 0.1) is 31.1 Å². The SMILES string of the molecule is CCOc1ncc(Nc2cc(C(CC)CC(=O)O)ccc2[C@@H](CC)C2CCOCC2)cn1. The molecule has 1 aromatic carbocycles. The molecule has 1 aliphatic heterocycles. The maximum absolute atomic E-state index is 11.4. The molecule has 7 heteroatoms. The van der Waals surface area contributed by atoms with Crippen LogP contribution in [0.4, 0.5) is 11.4 Å². The van der Waals surface area contributed by atoms with Crippen molar-refractivity contribution in [3.8, 4) is 6.01 Å². The van der Waals surface area contributed by atoms with Gasteiger partial charge in [-0.25, -0.2) is 9.97 Å². The van der Waals surface area contributed by atoms with Crippen molar-refractivity contribution in [3.63, 3.8) is 0 Å². The van der Waals surface area contributed by atoms with Crippen molar-refractivity contribution >= 4 is 17.3 Å². The van der Waals surface area contributed by atoms with E-state index >= 15 is 0 Å². The number of anilines is 2. The Balaban J connectivity index is 1.96. The number of hydrogen-bond acceptors (Lipinski definition) is 6. The van der Waals surface area contributed by atoms with E-state index in [1.165, 1.54) is 5.56 Å². The van der Waals surface area contributed by atoms with Crippen LogP contribution in [0.15, 0.2) is 30.6 Å². The summed E-state index contributed by atoms with van der Waals surface area (Å²) in [6.07, 6.45) is 7.49. The molecule has 0 saturated carbocycles. The number of aliphatic carboxylic acids is 1. The van der Waals surface area contributed by atoms with Crippen LogP contribution in [0.3, 0.4) is 0 Å². The van der Waals surface area contributed by atoms with Gasteiger partial charge in [-0.2, -0.15) is 0 Å². The van der Waals surface area contributed by atoms with Crippen molar-refractivity contribution in [2.45, 2.75) is 64.7 Å². The van der Waals surface area contributed by atoms with Crippen LogP contribution in [0.2, 0.25) is 0 Å². The van der Waals surface area contributed by atoms with Gasteiger partial charge in [0, 0.05) is 18.9 Å². The molecule has 2 aromatic rings. The molecular weight excluding hydrogens is 406 g/mol. The van der Waals surface area contributed by atoms with Gasteiger partial charge in [0.25, 0.3) is 0 Å². The van der Waals surface area contributed by atoms with E-state index in [4.69, 9.17) is 9.47 Å². The van der Waals surface area contributed by atoms with Crippen molar-refractivity contribution in [3.05, 3.63) is 41.7 Å². The van der Waals surface area contributed by atoms with Crippen LogP contribution in [-0.2, 0) is 9.53 Å². The molecule has 174 valence electrons. The quantitative estimate of drug-likeness (QED) is 0.475. The van der Waals surface area contributed by atoms with E-state index in [0.717, 1.165) is 55.8 Å². The predicted octanol–water partition coefficient (Wildman–Crippen LogP) is 5.51. The smallest absolute Gasteiger partial charge is 0.316 e. The Morgan fingerprint density at radius 3 is 2.50 bits per heavy atom. The van der Waals surface area contributed by atoms with Crippen LogP contribution in [0, 0.1) is 5.92 Å². The highest BCUT2D eigenvalue weighted by Gasteiger charge is 2.27. The number of nitrogens with one attached hydrogen (secondary N) is 1. The Bertz CT molecular complexity index is 866. The number of aromatic nitrogens is 2. The number of rotatable bonds is 11. The third kappa shape index (κ3) is 6.19. The average Bonchev–Trinajstić information content (AvgIpc) is 2.81. The average molecular weight is 442 g/mol. The lowest BCUT2D eigenvalue weighted by Crippen LogP contribution is -2.22. The molecule has 1 unspecified atom stereocenters. The van der Waals surface area contributed by atoms with Crippen molar-refractivity contribution in [2.75, 3.05) is 25.1 Å². The number of nitrogens with zero attached hydrogens (tertiary/aromatic N) is 2. The molecule has 1 aromatic heterocycles. The summed E-state index contributed by atoms with van der Waals surface area (Å²) in [4.78, 5) is 19.9. The molecule has 2 N–H and O–H groups in total. The highest BCUT2D eigenvalue weighted by Crippen LogP contribution is 2.40. The van der Waals surface area contributed by atoms with E-state index in [2.05, 4.69) is 40.4 Å². The van der Waals surface area contributed by atoms with E-state index in [1.807, 2.05) is 13.8 Å². The van der Waals surface area contributed by atoms with Crippen LogP contribution in [-0.4, -0.2) is 40.9 Å². The maximum atomic E-state index is 11.4. The minimum absolute atomic E-state index is 0.0261. The van der Waals surface area contributed by atoms with Crippen LogP contribution >= 0.6 is 0 Å². The third-order valence-corrected chi connectivity index (χ3v) is 6.32. The Labute approximate surface area is 190 Å². The molecule has 1 aliphatic rings. The summed E-state index contributed by atoms with van der Waals surface area (Å²) in [6.45, 7) is 8.30. The number of carbonyl (C=O) groups is 1. The highest BCUT2D eigenvalue weighted by atomic mass is 16.5. The third-order valence-electron chi connectivity index (χ3n) is 6.32. The van der Waals surface area contributed by atoms with Crippen LogP contribution in [0.1, 0.15) is 75.8 Å². The molecular formula is C25H35N3O4. The molecule has 0 aliphatic carbocycles. The summed E-state index contributed by atoms with van der Waals surface area (Å²) in [7, 11) is 0. The number of carboxylic acids is 1. The zero-order chi connectivity index (χ0) is 22.9. The fourth-order valence-electron chi connectivity index (χ4n) is 4.63. The van der Waals surface area contributed by atoms with Crippen molar-refractivity contribution in [2.24, 2.45) is 5.92 Å². The monoisotopic (exact) mass is 441 g/mol. The first-order chi connectivity index (χ1) is 15.5. The Morgan fingerprint density at radius 2 is 1.91 bits per heavy atom. The molecule has 32 heavy (non-hydrogen) atoms. The Morgan fingerprint density at radius 1 is 1.19 bits per heavy atom. The molecule has 0 bridgehead atoms. The van der Waals surface area contributed by atoms with E-state index < -0.39 is 5.97 Å². The normalized spacial score (nSPS) is 16.3. The Hall–Kier alpha value is -2.67. The zero-order valence-corrected chi connectivity index (χ0v) is 19.3. The van der Waals surface area contributed by atoms with E-state index in [0.29, 0.717) is 24.5 Å². The number of benzene rings is 1. The molecule has 0 amide bonds. The van der Waals surface area contributed by atoms with E-state index in [-0.39, 0.29) is 12.3 Å². The summed E-state index contributed by atoms with van der Waals surface area (Å²) in [5.74, 6) is 0.169. The van der Waals surface area contributed by atoms with Gasteiger partial charge in [0.1, 0.15) is 0 Å². The first-order valence-electron chi connectivity index (χ1n) is 11.7. The van der Waals surface area contributed by atoms with Crippen LogP contribution in [0.25, 0.3) is 0 Å². The second-order valence-electron chi connectivity index (χ2n) is 8.33. The molecule has 2 atom stereocenters. The van der Waals surface area contributed by atoms with E-state index in [1.54, 1.807) is 12.4 Å². The summed E-state index contributed by atoms with van der Waals surface area (Å²) < 4.78 is 10.9. The van der Waals surface area contributed by atoms with Gasteiger partial charge in [-0.1, -0.05) is 26.0 Å². The first-order valence-corrected chi connectivity index (χ1v) is 11.7. The van der Waals surface area contributed by atoms with Gasteiger partial charge in [-0.15, -0.1) is 0 Å². The first kappa shape index (κ1) is 24.0. The molecule has 1 saturated heterocycles. The number of ether oxygens (including phenoxy) is 2. The van der Waals surface area contributed by atoms with Crippen LogP contribution < -0.4 is 10.1 Å². The molecule has 0 spiro atoms. The fourth-order valence-corrected chi connectivity index (χ4v) is 4.63. The van der Waals surface area contributed by atoms with Crippen molar-refractivity contribution in [1.29, 1.82) is 0 Å². The maximum Gasteiger partial charge on any atom is 0.316 e. The van der Waals surface area contributed by atoms with Gasteiger partial charge in [-0.3, -0.25) is 4.79 Å². The predicted molar refractivity (Wildman–Crippen MR) is 125 cm³/mol. The highest BCUT2D eigenvalue weighted by molar-refractivity contribution is 5.69. The largest absolute Gasteiger partial charge is 0.481 e. The molecule has 0 radical (unpaired) electrons. The molecule has 3 rings (SSSR count). The van der Waals surface area contributed by atoms with Gasteiger partial charge in [-0.05, 0) is 67.6 Å². The lowest BCUT2D eigenvalue weighted by atomic mass is 9.78. The summed E-state index contributed by atoms with van der Waals surface area (Å²) in [6, 6.07) is 6.76. The second-order valence-corrected chi connectivity index (χ2v) is 8.33. The minimum Gasteiger partial charge on any atom is -0.481 e. The van der Waals surface area contributed by atoms with Gasteiger partial charge >= 0.3 is 12.0 Å². The van der Waals surface area contributed by atoms with Gasteiger partial charge < -0.3 is 19.9 Å². The lowest BCUT2D eigenvalue weighted by molar-refractivity contribution is -0.137. The Kier molecular flexibility index (Phi) is 8.85. The van der Waals surface area contributed by atoms with Gasteiger partial charge in [0.15, 0.2) is 0 Å². The summed E-state index contributed by atoms with van der Waals surface area (Å²) in [5, 5.41) is 12.9. The molecule has 2 heterocycles. The summed E-state index contributed by atoms with van der Waals surface area (Å²) in [5.41, 5.74) is 4.06. The summed E-state index contributed by atoms with van der Waals surface area (Å²) >= 11 is 0. The van der Waals surface area contributed by atoms with Crippen molar-refractivity contribution in [1.82, 2.24) is 9.97 Å². The number of hydrogen-bond donors (Lipinski definition) is 2. The molecule has 7 nitrogen and oxygen atoms in total. The zero-order valence-electron chi connectivity index (χ0n) is 19.3. The topological polar surface area (TPSA) is 93.6 Å².